The Balaban J connectivity index is 2.12. The Hall–Kier alpha value is -1.90. The standard InChI is InChI=1S/C11H8ClF5N4/c12-7-3-6(11(15,16)17)4-19-9(7)20-5-8-18-1-2-21(8)10(13)14/h1-4,10H,5H2,(H,19,20). The highest BCUT2D eigenvalue weighted by atomic mass is 35.5. The molecule has 0 aliphatic rings. The summed E-state index contributed by atoms with van der Waals surface area (Å²) >= 11 is 5.68. The fourth-order valence-corrected chi connectivity index (χ4v) is 1.78. The molecule has 0 unspecified atom stereocenters. The zero-order valence-electron chi connectivity index (χ0n) is 10.2. The first-order valence-corrected chi connectivity index (χ1v) is 5.93. The minimum Gasteiger partial charge on any atom is -0.362 e. The Bertz CT molecular complexity index is 625. The van der Waals surface area contributed by atoms with Gasteiger partial charge in [0, 0.05) is 18.6 Å². The lowest BCUT2D eigenvalue weighted by Gasteiger charge is -2.11. The second-order valence-electron chi connectivity index (χ2n) is 3.93. The topological polar surface area (TPSA) is 42.7 Å². The van der Waals surface area contributed by atoms with E-state index in [4.69, 9.17) is 11.6 Å². The first kappa shape index (κ1) is 15.5. The molecule has 0 aromatic carbocycles. The zero-order chi connectivity index (χ0) is 15.6. The summed E-state index contributed by atoms with van der Waals surface area (Å²) in [6.45, 7) is -2.92. The Morgan fingerprint density at radius 2 is 2.00 bits per heavy atom. The molecule has 2 aromatic rings. The van der Waals surface area contributed by atoms with Gasteiger partial charge in [-0.05, 0) is 6.07 Å². The van der Waals surface area contributed by atoms with Crippen molar-refractivity contribution in [1.82, 2.24) is 14.5 Å². The van der Waals surface area contributed by atoms with Crippen LogP contribution in [0.2, 0.25) is 5.02 Å². The van der Waals surface area contributed by atoms with Gasteiger partial charge in [0.25, 0.3) is 0 Å². The largest absolute Gasteiger partial charge is 0.417 e. The van der Waals surface area contributed by atoms with Crippen molar-refractivity contribution in [2.75, 3.05) is 5.32 Å². The molecule has 0 saturated carbocycles. The minimum atomic E-state index is -4.55. The van der Waals surface area contributed by atoms with E-state index in [0.717, 1.165) is 6.20 Å². The zero-order valence-corrected chi connectivity index (χ0v) is 11.0. The summed E-state index contributed by atoms with van der Waals surface area (Å²) in [6.07, 6.45) is -1.68. The average Bonchev–Trinajstić information content (AvgIpc) is 2.84. The molecule has 21 heavy (non-hydrogen) atoms. The highest BCUT2D eigenvalue weighted by Crippen LogP contribution is 2.32. The monoisotopic (exact) mass is 326 g/mol. The van der Waals surface area contributed by atoms with Crippen LogP contribution < -0.4 is 5.32 Å². The van der Waals surface area contributed by atoms with E-state index >= 15 is 0 Å². The third-order valence-electron chi connectivity index (χ3n) is 2.54. The Labute approximate surface area is 120 Å². The molecular weight excluding hydrogens is 319 g/mol. The number of nitrogens with zero attached hydrogens (tertiary/aromatic N) is 3. The van der Waals surface area contributed by atoms with Crippen LogP contribution >= 0.6 is 11.6 Å². The van der Waals surface area contributed by atoms with Crippen molar-refractivity contribution in [1.29, 1.82) is 0 Å². The van der Waals surface area contributed by atoms with Gasteiger partial charge >= 0.3 is 12.7 Å². The van der Waals surface area contributed by atoms with E-state index in [2.05, 4.69) is 15.3 Å². The lowest BCUT2D eigenvalue weighted by atomic mass is 10.3. The minimum absolute atomic E-state index is 0.00256. The van der Waals surface area contributed by atoms with E-state index in [1.165, 1.54) is 6.20 Å². The highest BCUT2D eigenvalue weighted by Gasteiger charge is 2.31. The quantitative estimate of drug-likeness (QED) is 0.865. The number of hydrogen-bond donors (Lipinski definition) is 1. The lowest BCUT2D eigenvalue weighted by Crippen LogP contribution is -2.11. The number of hydrogen-bond acceptors (Lipinski definition) is 3. The Morgan fingerprint density at radius 1 is 1.29 bits per heavy atom. The van der Waals surface area contributed by atoms with Crippen LogP contribution in [-0.4, -0.2) is 14.5 Å². The average molecular weight is 327 g/mol. The van der Waals surface area contributed by atoms with Crippen molar-refractivity contribution in [2.45, 2.75) is 19.3 Å². The summed E-state index contributed by atoms with van der Waals surface area (Å²) in [5.74, 6) is -0.0451. The van der Waals surface area contributed by atoms with E-state index in [0.29, 0.717) is 16.8 Å². The van der Waals surface area contributed by atoms with Crippen LogP contribution in [0.1, 0.15) is 17.9 Å². The van der Waals surface area contributed by atoms with Crippen molar-refractivity contribution < 1.29 is 22.0 Å². The van der Waals surface area contributed by atoms with Crippen molar-refractivity contribution in [3.8, 4) is 0 Å². The first-order chi connectivity index (χ1) is 9.79. The third kappa shape index (κ3) is 3.60. The molecular formula is C11H8ClF5N4. The lowest BCUT2D eigenvalue weighted by molar-refractivity contribution is -0.137. The molecule has 4 nitrogen and oxygen atoms in total. The van der Waals surface area contributed by atoms with Gasteiger partial charge in [-0.1, -0.05) is 11.6 Å². The van der Waals surface area contributed by atoms with Gasteiger partial charge in [-0.3, -0.25) is 4.57 Å². The van der Waals surface area contributed by atoms with E-state index < -0.39 is 18.3 Å². The molecule has 0 spiro atoms. The van der Waals surface area contributed by atoms with E-state index in [1.54, 1.807) is 0 Å². The summed E-state index contributed by atoms with van der Waals surface area (Å²) in [5, 5.41) is 2.30. The molecule has 1 N–H and O–H groups in total. The SMILES string of the molecule is FC(F)n1ccnc1CNc1ncc(C(F)(F)F)cc1Cl. The second-order valence-corrected chi connectivity index (χ2v) is 4.34. The van der Waals surface area contributed by atoms with Crippen LogP contribution in [-0.2, 0) is 12.7 Å². The number of rotatable bonds is 4. The van der Waals surface area contributed by atoms with Crippen LogP contribution in [0.5, 0.6) is 0 Å². The van der Waals surface area contributed by atoms with Gasteiger partial charge in [0.05, 0.1) is 17.1 Å². The van der Waals surface area contributed by atoms with E-state index in [-0.39, 0.29) is 23.2 Å². The number of halogens is 6. The Morgan fingerprint density at radius 3 is 2.57 bits per heavy atom. The van der Waals surface area contributed by atoms with Crippen molar-refractivity contribution in [2.24, 2.45) is 0 Å². The van der Waals surface area contributed by atoms with Gasteiger partial charge < -0.3 is 5.32 Å². The maximum Gasteiger partial charge on any atom is 0.417 e. The van der Waals surface area contributed by atoms with Gasteiger partial charge in [-0.15, -0.1) is 0 Å². The van der Waals surface area contributed by atoms with Gasteiger partial charge in [-0.2, -0.15) is 22.0 Å². The Kier molecular flexibility index (Phi) is 4.31. The van der Waals surface area contributed by atoms with Crippen LogP contribution in [0, 0.1) is 0 Å². The second kappa shape index (κ2) is 5.84. The number of imidazole rings is 1. The molecule has 10 heteroatoms. The number of alkyl halides is 5. The molecule has 0 fully saturated rings. The van der Waals surface area contributed by atoms with Crippen LogP contribution in [0.3, 0.4) is 0 Å². The summed E-state index contributed by atoms with van der Waals surface area (Å²) in [6, 6.07) is 0.705. The highest BCUT2D eigenvalue weighted by molar-refractivity contribution is 6.32. The number of anilines is 1. The number of nitrogens with one attached hydrogen (secondary N) is 1. The van der Waals surface area contributed by atoms with E-state index in [1.807, 2.05) is 0 Å². The predicted octanol–water partition coefficient (Wildman–Crippen LogP) is 3.96. The summed E-state index contributed by atoms with van der Waals surface area (Å²) in [4.78, 5) is 7.24. The van der Waals surface area contributed by atoms with Crippen molar-refractivity contribution in [3.63, 3.8) is 0 Å². The maximum absolute atomic E-state index is 12.6. The van der Waals surface area contributed by atoms with Crippen LogP contribution in [0.25, 0.3) is 0 Å². The summed E-state index contributed by atoms with van der Waals surface area (Å²) < 4.78 is 63.1. The van der Waals surface area contributed by atoms with Gasteiger partial charge in [0.15, 0.2) is 0 Å². The normalized spacial score (nSPS) is 12.0. The molecule has 0 amide bonds. The number of aromatic nitrogens is 3. The summed E-state index contributed by atoms with van der Waals surface area (Å²) in [5.41, 5.74) is -0.993. The van der Waals surface area contributed by atoms with Crippen molar-refractivity contribution in [3.05, 3.63) is 41.1 Å². The van der Waals surface area contributed by atoms with Crippen LogP contribution in [0.15, 0.2) is 24.7 Å². The van der Waals surface area contributed by atoms with Crippen molar-refractivity contribution >= 4 is 17.4 Å². The molecule has 0 aliphatic carbocycles. The molecule has 0 aliphatic heterocycles. The number of pyridine rings is 1. The molecule has 0 saturated heterocycles. The van der Waals surface area contributed by atoms with Gasteiger partial charge in [0.2, 0.25) is 0 Å². The predicted molar refractivity (Wildman–Crippen MR) is 65.1 cm³/mol. The first-order valence-electron chi connectivity index (χ1n) is 5.55. The molecule has 2 heterocycles. The summed E-state index contributed by atoms with van der Waals surface area (Å²) in [7, 11) is 0. The molecule has 2 aromatic heterocycles. The van der Waals surface area contributed by atoms with Gasteiger partial charge in [0.1, 0.15) is 11.6 Å². The fraction of sp³-hybridized carbons (Fsp3) is 0.273. The molecule has 0 atom stereocenters. The molecule has 0 bridgehead atoms. The molecule has 114 valence electrons. The molecule has 2 rings (SSSR count). The third-order valence-corrected chi connectivity index (χ3v) is 2.83. The smallest absolute Gasteiger partial charge is 0.362 e. The van der Waals surface area contributed by atoms with Crippen LogP contribution in [0.4, 0.5) is 27.8 Å². The fourth-order valence-electron chi connectivity index (χ4n) is 1.54. The maximum atomic E-state index is 12.6. The van der Waals surface area contributed by atoms with E-state index in [9.17, 15) is 22.0 Å². The molecule has 0 radical (unpaired) electrons. The van der Waals surface area contributed by atoms with Gasteiger partial charge in [-0.25, -0.2) is 9.97 Å².